The summed E-state index contributed by atoms with van der Waals surface area (Å²) in [6, 6.07) is 3.38. The Hall–Kier alpha value is -1.80. The Morgan fingerprint density at radius 2 is 1.66 bits per heavy atom. The molecule has 3 heterocycles. The summed E-state index contributed by atoms with van der Waals surface area (Å²) in [4.78, 5) is 26.5. The fourth-order valence-electron chi connectivity index (χ4n) is 3.58. The van der Waals surface area contributed by atoms with E-state index in [0.717, 1.165) is 5.46 Å². The van der Waals surface area contributed by atoms with Gasteiger partial charge < -0.3 is 23.5 Å². The Morgan fingerprint density at radius 1 is 1.10 bits per heavy atom. The summed E-state index contributed by atoms with van der Waals surface area (Å²) in [6.07, 6.45) is 2.95. The molecule has 8 heteroatoms. The minimum atomic E-state index is -0.512. The topological polar surface area (TPSA) is 70.0 Å². The van der Waals surface area contributed by atoms with Gasteiger partial charge in [-0.05, 0) is 66.8 Å². The maximum Gasteiger partial charge on any atom is 0.496 e. The van der Waals surface area contributed by atoms with Crippen molar-refractivity contribution < 1.29 is 18.8 Å². The van der Waals surface area contributed by atoms with Crippen molar-refractivity contribution in [2.45, 2.75) is 84.2 Å². The van der Waals surface area contributed by atoms with Gasteiger partial charge in [0.25, 0.3) is 5.56 Å². The lowest BCUT2D eigenvalue weighted by Crippen LogP contribution is -2.44. The van der Waals surface area contributed by atoms with Gasteiger partial charge in [-0.3, -0.25) is 4.79 Å². The molecule has 0 unspecified atom stereocenters. The lowest BCUT2D eigenvalue weighted by atomic mass is 9.80. The molecule has 29 heavy (non-hydrogen) atoms. The largest absolute Gasteiger partial charge is 0.496 e. The van der Waals surface area contributed by atoms with Gasteiger partial charge in [-0.25, -0.2) is 4.79 Å². The molecule has 2 aliphatic rings. The van der Waals surface area contributed by atoms with E-state index in [4.69, 9.17) is 14.0 Å². The average molecular weight is 404 g/mol. The Bertz CT molecular complexity index is 803. The Balaban J connectivity index is 1.71. The number of ether oxygens (including phenoxy) is 1. The highest BCUT2D eigenvalue weighted by atomic mass is 16.7. The van der Waals surface area contributed by atoms with Gasteiger partial charge in [-0.1, -0.05) is 6.07 Å². The molecule has 2 fully saturated rings. The smallest absolute Gasteiger partial charge is 0.444 e. The average Bonchev–Trinajstić information content (AvgIpc) is 2.81. The number of piperidine rings is 1. The van der Waals surface area contributed by atoms with Gasteiger partial charge in [0, 0.05) is 31.4 Å². The van der Waals surface area contributed by atoms with Gasteiger partial charge >= 0.3 is 13.2 Å². The number of rotatable bonds is 2. The first kappa shape index (κ1) is 21.9. The molecule has 1 aromatic heterocycles. The van der Waals surface area contributed by atoms with Crippen molar-refractivity contribution in [1.82, 2.24) is 9.47 Å². The van der Waals surface area contributed by atoms with Gasteiger partial charge in [0.1, 0.15) is 5.60 Å². The van der Waals surface area contributed by atoms with E-state index in [1.165, 1.54) is 0 Å². The second-order valence-corrected chi connectivity index (χ2v) is 9.99. The van der Waals surface area contributed by atoms with Crippen molar-refractivity contribution in [2.24, 2.45) is 0 Å². The van der Waals surface area contributed by atoms with Crippen LogP contribution in [0, 0.1) is 0 Å². The number of aromatic nitrogens is 1. The quantitative estimate of drug-likeness (QED) is 0.709. The highest BCUT2D eigenvalue weighted by molar-refractivity contribution is 6.62. The molecule has 0 aliphatic carbocycles. The molecule has 0 atom stereocenters. The molecule has 2 saturated heterocycles. The number of pyridine rings is 1. The fourth-order valence-corrected chi connectivity index (χ4v) is 3.58. The van der Waals surface area contributed by atoms with Gasteiger partial charge in [-0.2, -0.15) is 0 Å². The van der Waals surface area contributed by atoms with Crippen LogP contribution in [0.3, 0.4) is 0 Å². The van der Waals surface area contributed by atoms with Crippen LogP contribution < -0.4 is 11.0 Å². The summed E-state index contributed by atoms with van der Waals surface area (Å²) in [5.74, 6) is 0. The van der Waals surface area contributed by atoms with Gasteiger partial charge in [0.2, 0.25) is 0 Å². The van der Waals surface area contributed by atoms with Crippen molar-refractivity contribution in [2.75, 3.05) is 13.1 Å². The van der Waals surface area contributed by atoms with Gasteiger partial charge in [0.15, 0.2) is 0 Å². The molecule has 1 amide bonds. The third-order valence-electron chi connectivity index (χ3n) is 6.00. The second-order valence-electron chi connectivity index (χ2n) is 9.99. The molecule has 0 spiro atoms. The second kappa shape index (κ2) is 7.47. The Kier molecular flexibility index (Phi) is 5.64. The summed E-state index contributed by atoms with van der Waals surface area (Å²) in [5, 5.41) is 0. The lowest BCUT2D eigenvalue weighted by Gasteiger charge is -2.34. The first-order valence-electron chi connectivity index (χ1n) is 10.3. The van der Waals surface area contributed by atoms with Crippen molar-refractivity contribution in [3.8, 4) is 0 Å². The third kappa shape index (κ3) is 4.69. The van der Waals surface area contributed by atoms with Crippen LogP contribution in [0.5, 0.6) is 0 Å². The standard InChI is InChI=1S/C21H33BN2O5/c1-19(2,3)27-18(26)23-12-10-16(11-13-23)24-14-15(8-9-17(24)25)22-28-20(4,5)21(6,7)29-22/h8-9,14,16H,10-13H2,1-7H3. The first-order valence-corrected chi connectivity index (χ1v) is 10.3. The van der Waals surface area contributed by atoms with Crippen molar-refractivity contribution in [1.29, 1.82) is 0 Å². The molecule has 0 radical (unpaired) electrons. The van der Waals surface area contributed by atoms with E-state index in [9.17, 15) is 9.59 Å². The molecule has 0 N–H and O–H groups in total. The van der Waals surface area contributed by atoms with Crippen molar-refractivity contribution in [3.05, 3.63) is 28.7 Å². The zero-order valence-electron chi connectivity index (χ0n) is 18.7. The summed E-state index contributed by atoms with van der Waals surface area (Å²) in [7, 11) is -0.506. The molecule has 0 saturated carbocycles. The van der Waals surface area contributed by atoms with Crippen LogP contribution >= 0.6 is 0 Å². The summed E-state index contributed by atoms with van der Waals surface area (Å²) in [6.45, 7) is 14.7. The lowest BCUT2D eigenvalue weighted by molar-refractivity contribution is 0.00578. The number of hydrogen-bond donors (Lipinski definition) is 0. The molecule has 160 valence electrons. The number of hydrogen-bond acceptors (Lipinski definition) is 5. The molecular formula is C21H33BN2O5. The Labute approximate surface area is 173 Å². The van der Waals surface area contributed by atoms with Crippen LogP contribution in [0.25, 0.3) is 0 Å². The first-order chi connectivity index (χ1) is 13.3. The number of carbonyl (C=O) groups excluding carboxylic acids is 1. The van der Waals surface area contributed by atoms with E-state index in [2.05, 4.69) is 0 Å². The number of amides is 1. The van der Waals surface area contributed by atoms with Crippen molar-refractivity contribution >= 4 is 18.7 Å². The van der Waals surface area contributed by atoms with E-state index < -0.39 is 23.9 Å². The van der Waals surface area contributed by atoms with Crippen LogP contribution in [-0.2, 0) is 14.0 Å². The number of nitrogens with zero attached hydrogens (tertiary/aromatic N) is 2. The summed E-state index contributed by atoms with van der Waals surface area (Å²) >= 11 is 0. The summed E-state index contributed by atoms with van der Waals surface area (Å²) in [5.41, 5.74) is -0.601. The maximum atomic E-state index is 12.5. The number of likely N-dealkylation sites (tertiary alicyclic amines) is 1. The van der Waals surface area contributed by atoms with Crippen molar-refractivity contribution in [3.63, 3.8) is 0 Å². The molecular weight excluding hydrogens is 371 g/mol. The van der Waals surface area contributed by atoms with Crippen LogP contribution in [0.1, 0.15) is 67.3 Å². The summed E-state index contributed by atoms with van der Waals surface area (Å²) < 4.78 is 19.4. The monoisotopic (exact) mass is 404 g/mol. The van der Waals surface area contributed by atoms with Crippen LogP contribution in [-0.4, -0.2) is 52.6 Å². The predicted molar refractivity (Wildman–Crippen MR) is 112 cm³/mol. The molecule has 7 nitrogen and oxygen atoms in total. The highest BCUT2D eigenvalue weighted by Crippen LogP contribution is 2.36. The highest BCUT2D eigenvalue weighted by Gasteiger charge is 2.51. The van der Waals surface area contributed by atoms with Gasteiger partial charge in [-0.15, -0.1) is 0 Å². The molecule has 0 bridgehead atoms. The normalized spacial score (nSPS) is 22.0. The van der Waals surface area contributed by atoms with E-state index in [1.54, 1.807) is 21.6 Å². The zero-order valence-corrected chi connectivity index (χ0v) is 18.7. The van der Waals surface area contributed by atoms with Crippen LogP contribution in [0.15, 0.2) is 23.1 Å². The van der Waals surface area contributed by atoms with E-state index in [1.807, 2.05) is 54.7 Å². The molecule has 1 aromatic rings. The zero-order chi connectivity index (χ0) is 21.6. The number of carbonyl (C=O) groups is 1. The maximum absolute atomic E-state index is 12.5. The minimum Gasteiger partial charge on any atom is -0.444 e. The van der Waals surface area contributed by atoms with E-state index in [0.29, 0.717) is 25.9 Å². The van der Waals surface area contributed by atoms with Gasteiger partial charge in [0.05, 0.1) is 11.2 Å². The molecule has 2 aliphatic heterocycles. The van der Waals surface area contributed by atoms with Crippen LogP contribution in [0.4, 0.5) is 4.79 Å². The SMILES string of the molecule is CC(C)(C)OC(=O)N1CCC(n2cc(B3OC(C)(C)C(C)(C)O3)ccc2=O)CC1. The van der Waals surface area contributed by atoms with E-state index in [-0.39, 0.29) is 17.7 Å². The molecule has 3 rings (SSSR count). The van der Waals surface area contributed by atoms with E-state index >= 15 is 0 Å². The fraction of sp³-hybridized carbons (Fsp3) is 0.714. The predicted octanol–water partition coefficient (Wildman–Crippen LogP) is 2.72. The van der Waals surface area contributed by atoms with Crippen LogP contribution in [0.2, 0.25) is 0 Å². The minimum absolute atomic E-state index is 0.0311. The third-order valence-corrected chi connectivity index (χ3v) is 6.00. The molecule has 0 aromatic carbocycles. The Morgan fingerprint density at radius 3 is 2.17 bits per heavy atom.